The third-order valence-electron chi connectivity index (χ3n) is 4.61. The van der Waals surface area contributed by atoms with Gasteiger partial charge in [0.05, 0.1) is 15.2 Å². The van der Waals surface area contributed by atoms with Gasteiger partial charge < -0.3 is 15.2 Å². The zero-order valence-corrected chi connectivity index (χ0v) is 18.1. The van der Waals surface area contributed by atoms with Crippen LogP contribution in [0.1, 0.15) is 10.4 Å². The van der Waals surface area contributed by atoms with Crippen LogP contribution in [0.2, 0.25) is 5.02 Å². The van der Waals surface area contributed by atoms with Crippen molar-refractivity contribution >= 4 is 44.7 Å². The number of ether oxygens (including phenoxy) is 1. The van der Waals surface area contributed by atoms with Gasteiger partial charge in [0, 0.05) is 19.8 Å². The third-order valence-corrected chi connectivity index (χ3v) is 5.84. The Morgan fingerprint density at radius 1 is 1.16 bits per heavy atom. The number of anilines is 1. The molecule has 0 aliphatic heterocycles. The normalized spacial score (nSPS) is 11.0. The molecule has 0 bridgehead atoms. The number of thiazole rings is 1. The quantitative estimate of drug-likeness (QED) is 0.467. The van der Waals surface area contributed by atoms with Gasteiger partial charge in [0.25, 0.3) is 16.7 Å². The molecular formula is C20H14ClFN4O5S. The van der Waals surface area contributed by atoms with Crippen LogP contribution >= 0.6 is 22.9 Å². The maximum Gasteiger partial charge on any atom is 0.333 e. The molecule has 0 spiro atoms. The molecule has 12 heteroatoms. The number of fused-ring (bicyclic) bond motifs is 1. The molecule has 1 amide bonds. The van der Waals surface area contributed by atoms with Crippen LogP contribution in [0.25, 0.3) is 10.2 Å². The predicted molar refractivity (Wildman–Crippen MR) is 118 cm³/mol. The molecule has 0 saturated carbocycles. The van der Waals surface area contributed by atoms with Crippen LogP contribution in [0.15, 0.2) is 46.0 Å². The number of hydrogen-bond acceptors (Lipinski definition) is 7. The van der Waals surface area contributed by atoms with Gasteiger partial charge in [-0.25, -0.2) is 14.2 Å². The second kappa shape index (κ2) is 8.09. The fourth-order valence-corrected chi connectivity index (χ4v) is 3.98. The number of hydrogen-bond donors (Lipinski definition) is 2. The van der Waals surface area contributed by atoms with Crippen LogP contribution in [0.4, 0.5) is 10.1 Å². The number of halogens is 2. The number of carbonyl (C=O) groups is 1. The van der Waals surface area contributed by atoms with Crippen LogP contribution in [0.5, 0.6) is 16.8 Å². The Hall–Kier alpha value is -3.70. The summed E-state index contributed by atoms with van der Waals surface area (Å²) in [6.07, 6.45) is 0. The van der Waals surface area contributed by atoms with Crippen molar-refractivity contribution in [1.29, 1.82) is 0 Å². The van der Waals surface area contributed by atoms with Gasteiger partial charge in [0.1, 0.15) is 5.75 Å². The molecule has 0 fully saturated rings. The summed E-state index contributed by atoms with van der Waals surface area (Å²) in [6.45, 7) is 0. The summed E-state index contributed by atoms with van der Waals surface area (Å²) in [7, 11) is 2.44. The van der Waals surface area contributed by atoms with E-state index < -0.39 is 34.4 Å². The highest BCUT2D eigenvalue weighted by molar-refractivity contribution is 7.20. The number of nitrogens with zero attached hydrogens (tertiary/aromatic N) is 3. The molecule has 4 rings (SSSR count). The maximum atomic E-state index is 14.1. The number of aromatic hydroxyl groups is 1. The molecule has 2 aromatic heterocycles. The smallest absolute Gasteiger partial charge is 0.333 e. The summed E-state index contributed by atoms with van der Waals surface area (Å²) in [5, 5.41) is 12.7. The molecular weight excluding hydrogens is 463 g/mol. The zero-order valence-electron chi connectivity index (χ0n) is 16.6. The molecule has 2 N–H and O–H groups in total. The molecule has 9 nitrogen and oxygen atoms in total. The first-order valence-corrected chi connectivity index (χ1v) is 10.2. The van der Waals surface area contributed by atoms with E-state index in [1.54, 1.807) is 6.07 Å². The molecule has 164 valence electrons. The molecule has 0 radical (unpaired) electrons. The second-order valence-electron chi connectivity index (χ2n) is 6.67. The van der Waals surface area contributed by atoms with Gasteiger partial charge in [-0.15, -0.1) is 0 Å². The lowest BCUT2D eigenvalue weighted by Gasteiger charge is -2.11. The SMILES string of the molecule is Cn1c(O)c(C(=O)Nc2ccc(Oc3nc4ccc(Cl)c(F)c4s3)cc2)c(=O)n(C)c1=O. The van der Waals surface area contributed by atoms with E-state index >= 15 is 0 Å². The molecule has 0 aliphatic carbocycles. The number of nitrogens with one attached hydrogen (secondary N) is 1. The van der Waals surface area contributed by atoms with Crippen LogP contribution in [-0.2, 0) is 14.1 Å². The largest absolute Gasteiger partial charge is 0.494 e. The van der Waals surface area contributed by atoms with Gasteiger partial charge in [-0.3, -0.25) is 18.7 Å². The van der Waals surface area contributed by atoms with Gasteiger partial charge in [-0.05, 0) is 36.4 Å². The molecule has 0 aliphatic rings. The fourth-order valence-electron chi connectivity index (χ4n) is 2.89. The van der Waals surface area contributed by atoms with Crippen LogP contribution in [-0.4, -0.2) is 25.1 Å². The number of aromatic nitrogens is 3. The van der Waals surface area contributed by atoms with Crippen LogP contribution in [0, 0.1) is 5.82 Å². The number of benzene rings is 2. The van der Waals surface area contributed by atoms with Crippen molar-refractivity contribution in [2.75, 3.05) is 5.32 Å². The highest BCUT2D eigenvalue weighted by Crippen LogP contribution is 2.35. The van der Waals surface area contributed by atoms with E-state index in [4.69, 9.17) is 16.3 Å². The Kier molecular flexibility index (Phi) is 5.45. The highest BCUT2D eigenvalue weighted by Gasteiger charge is 2.22. The average molecular weight is 477 g/mol. The molecule has 0 saturated heterocycles. The molecule has 32 heavy (non-hydrogen) atoms. The minimum Gasteiger partial charge on any atom is -0.494 e. The van der Waals surface area contributed by atoms with Crippen LogP contribution in [0.3, 0.4) is 0 Å². The topological polar surface area (TPSA) is 115 Å². The Balaban J connectivity index is 1.54. The van der Waals surface area contributed by atoms with Crippen LogP contribution < -0.4 is 21.3 Å². The van der Waals surface area contributed by atoms with Crippen molar-refractivity contribution < 1.29 is 19.0 Å². The Morgan fingerprint density at radius 2 is 1.84 bits per heavy atom. The van der Waals surface area contributed by atoms with Crippen molar-refractivity contribution in [3.63, 3.8) is 0 Å². The van der Waals surface area contributed by atoms with Crippen molar-refractivity contribution in [1.82, 2.24) is 14.1 Å². The standard InChI is InChI=1S/C20H14ClFN4O5S/c1-25-17(28)13(18(29)26(2)20(25)30)16(27)23-9-3-5-10(6-4-9)31-19-24-12-8-7-11(21)14(22)15(12)32-19/h3-8,28H,1-2H3,(H,23,27). The van der Waals surface area contributed by atoms with E-state index in [1.807, 2.05) is 0 Å². The van der Waals surface area contributed by atoms with E-state index in [0.717, 1.165) is 20.5 Å². The first-order valence-electron chi connectivity index (χ1n) is 9.00. The van der Waals surface area contributed by atoms with Crippen molar-refractivity contribution in [3.05, 3.63) is 73.6 Å². The van der Waals surface area contributed by atoms with E-state index in [0.29, 0.717) is 17.0 Å². The summed E-state index contributed by atoms with van der Waals surface area (Å²) in [4.78, 5) is 40.8. The van der Waals surface area contributed by atoms with E-state index in [1.165, 1.54) is 44.4 Å². The Labute approximate surface area is 187 Å². The van der Waals surface area contributed by atoms with Gasteiger partial charge >= 0.3 is 5.69 Å². The predicted octanol–water partition coefficient (Wildman–Crippen LogP) is 3.24. The lowest BCUT2D eigenvalue weighted by atomic mass is 10.2. The van der Waals surface area contributed by atoms with E-state index in [2.05, 4.69) is 10.3 Å². The highest BCUT2D eigenvalue weighted by atomic mass is 35.5. The first kappa shape index (κ1) is 21.5. The minimum atomic E-state index is -0.925. The van der Waals surface area contributed by atoms with Gasteiger partial charge in [0.2, 0.25) is 5.88 Å². The molecule has 4 aromatic rings. The summed E-state index contributed by atoms with van der Waals surface area (Å²) < 4.78 is 21.5. The summed E-state index contributed by atoms with van der Waals surface area (Å²) in [6, 6.07) is 9.06. The number of rotatable bonds is 4. The maximum absolute atomic E-state index is 14.1. The Morgan fingerprint density at radius 3 is 2.53 bits per heavy atom. The average Bonchev–Trinajstić information content (AvgIpc) is 3.18. The first-order chi connectivity index (χ1) is 15.2. The van der Waals surface area contributed by atoms with Gasteiger partial charge in [-0.2, -0.15) is 0 Å². The molecule has 0 atom stereocenters. The number of carbonyl (C=O) groups excluding carboxylic acids is 1. The summed E-state index contributed by atoms with van der Waals surface area (Å²) in [5.74, 6) is -1.82. The lowest BCUT2D eigenvalue weighted by Crippen LogP contribution is -2.40. The van der Waals surface area contributed by atoms with Crippen molar-refractivity contribution in [2.45, 2.75) is 0 Å². The lowest BCUT2D eigenvalue weighted by molar-refractivity contribution is 0.102. The summed E-state index contributed by atoms with van der Waals surface area (Å²) in [5.41, 5.74) is -1.53. The second-order valence-corrected chi connectivity index (χ2v) is 8.04. The minimum absolute atomic E-state index is 0.00727. The number of amides is 1. The van der Waals surface area contributed by atoms with Crippen molar-refractivity contribution in [2.24, 2.45) is 14.1 Å². The van der Waals surface area contributed by atoms with Crippen molar-refractivity contribution in [3.8, 4) is 16.8 Å². The molecule has 2 heterocycles. The van der Waals surface area contributed by atoms with E-state index in [-0.39, 0.29) is 14.9 Å². The van der Waals surface area contributed by atoms with Gasteiger partial charge in [-0.1, -0.05) is 22.9 Å². The third kappa shape index (κ3) is 3.72. The monoisotopic (exact) mass is 476 g/mol. The molecule has 2 aromatic carbocycles. The fraction of sp³-hybridized carbons (Fsp3) is 0.100. The Bertz CT molecular complexity index is 1490. The molecule has 0 unspecified atom stereocenters. The van der Waals surface area contributed by atoms with Gasteiger partial charge in [0.15, 0.2) is 11.4 Å². The summed E-state index contributed by atoms with van der Waals surface area (Å²) >= 11 is 6.78. The van der Waals surface area contributed by atoms with E-state index in [9.17, 15) is 23.9 Å². The zero-order chi connectivity index (χ0) is 23.2.